The van der Waals surface area contributed by atoms with E-state index in [-0.39, 0.29) is 12.1 Å². The molecule has 2 amide bonds. The smallest absolute Gasteiger partial charge is 0.321 e. The zero-order valence-corrected chi connectivity index (χ0v) is 16.0. The van der Waals surface area contributed by atoms with Gasteiger partial charge in [0.2, 0.25) is 5.88 Å². The molecule has 1 saturated heterocycles. The number of anilines is 1. The van der Waals surface area contributed by atoms with E-state index in [0.29, 0.717) is 25.6 Å². The molecule has 1 aliphatic rings. The summed E-state index contributed by atoms with van der Waals surface area (Å²) in [5, 5.41) is 2.93. The molecular formula is C21H27N3O3. The van der Waals surface area contributed by atoms with E-state index in [0.717, 1.165) is 36.4 Å². The lowest BCUT2D eigenvalue weighted by Gasteiger charge is -2.18. The second-order valence-electron chi connectivity index (χ2n) is 6.75. The summed E-state index contributed by atoms with van der Waals surface area (Å²) in [6.07, 6.45) is 2.91. The van der Waals surface area contributed by atoms with E-state index in [4.69, 9.17) is 9.47 Å². The zero-order valence-electron chi connectivity index (χ0n) is 16.0. The predicted octanol–water partition coefficient (Wildman–Crippen LogP) is 4.25. The lowest BCUT2D eigenvalue weighted by atomic mass is 10.3. The first kappa shape index (κ1) is 19.0. The van der Waals surface area contributed by atoms with Gasteiger partial charge in [-0.05, 0) is 43.7 Å². The van der Waals surface area contributed by atoms with Crippen LogP contribution in [-0.4, -0.2) is 41.7 Å². The van der Waals surface area contributed by atoms with Crippen LogP contribution < -0.4 is 14.8 Å². The minimum Gasteiger partial charge on any atom is -0.494 e. The van der Waals surface area contributed by atoms with Crippen molar-refractivity contribution in [2.24, 2.45) is 0 Å². The highest BCUT2D eigenvalue weighted by molar-refractivity contribution is 5.89. The average molecular weight is 369 g/mol. The Labute approximate surface area is 160 Å². The van der Waals surface area contributed by atoms with E-state index in [1.165, 1.54) is 0 Å². The van der Waals surface area contributed by atoms with Crippen LogP contribution in [0, 0.1) is 6.92 Å². The maximum absolute atomic E-state index is 12.5. The molecule has 1 aromatic heterocycles. The third-order valence-corrected chi connectivity index (χ3v) is 4.45. The molecule has 2 heterocycles. The lowest BCUT2D eigenvalue weighted by molar-refractivity contribution is 0.189. The Hall–Kier alpha value is -2.76. The molecule has 0 bridgehead atoms. The quantitative estimate of drug-likeness (QED) is 0.741. The highest BCUT2D eigenvalue weighted by Crippen LogP contribution is 2.20. The van der Waals surface area contributed by atoms with Crippen molar-refractivity contribution in [3.63, 3.8) is 0 Å². The second-order valence-corrected chi connectivity index (χ2v) is 6.75. The van der Waals surface area contributed by atoms with Crippen LogP contribution in [0.5, 0.6) is 11.6 Å². The molecule has 1 aromatic carbocycles. The van der Waals surface area contributed by atoms with Gasteiger partial charge in [0.15, 0.2) is 0 Å². The topological polar surface area (TPSA) is 63.7 Å². The van der Waals surface area contributed by atoms with Crippen molar-refractivity contribution in [1.29, 1.82) is 0 Å². The Bertz CT molecular complexity index is 749. The Morgan fingerprint density at radius 2 is 2.07 bits per heavy atom. The lowest BCUT2D eigenvalue weighted by Crippen LogP contribution is -2.34. The number of urea groups is 1. The van der Waals surface area contributed by atoms with Crippen molar-refractivity contribution in [2.75, 3.05) is 25.0 Å². The van der Waals surface area contributed by atoms with Crippen LogP contribution in [-0.2, 0) is 0 Å². The van der Waals surface area contributed by atoms with Crippen LogP contribution in [0.1, 0.15) is 31.9 Å². The number of hydrogen-bond donors (Lipinski definition) is 1. The highest BCUT2D eigenvalue weighted by atomic mass is 16.5. The Morgan fingerprint density at radius 1 is 1.26 bits per heavy atom. The fourth-order valence-corrected chi connectivity index (χ4v) is 2.93. The Balaban J connectivity index is 1.47. The number of rotatable bonds is 7. The van der Waals surface area contributed by atoms with Crippen LogP contribution in [0.2, 0.25) is 0 Å². The minimum atomic E-state index is -0.113. The third-order valence-electron chi connectivity index (χ3n) is 4.45. The first-order valence-electron chi connectivity index (χ1n) is 9.53. The van der Waals surface area contributed by atoms with Gasteiger partial charge in [-0.25, -0.2) is 9.78 Å². The second kappa shape index (κ2) is 9.26. The number of unbranched alkanes of at least 4 members (excludes halogenated alkanes) is 1. The third kappa shape index (κ3) is 5.61. The summed E-state index contributed by atoms with van der Waals surface area (Å²) in [5.74, 6) is 1.43. The van der Waals surface area contributed by atoms with Crippen LogP contribution in [0.3, 0.4) is 0 Å². The highest BCUT2D eigenvalue weighted by Gasteiger charge is 2.28. The molecule has 1 N–H and O–H groups in total. The summed E-state index contributed by atoms with van der Waals surface area (Å²) in [7, 11) is 0. The van der Waals surface area contributed by atoms with Gasteiger partial charge in [-0.15, -0.1) is 0 Å². The first-order valence-corrected chi connectivity index (χ1v) is 9.53. The summed E-state index contributed by atoms with van der Waals surface area (Å²) in [4.78, 5) is 18.6. The van der Waals surface area contributed by atoms with Crippen LogP contribution in [0.25, 0.3) is 0 Å². The van der Waals surface area contributed by atoms with Gasteiger partial charge in [0, 0.05) is 30.4 Å². The molecule has 1 fully saturated rings. The van der Waals surface area contributed by atoms with Gasteiger partial charge in [0.25, 0.3) is 0 Å². The van der Waals surface area contributed by atoms with Gasteiger partial charge in [-0.1, -0.05) is 19.4 Å². The number of aryl methyl sites for hydroxylation is 1. The summed E-state index contributed by atoms with van der Waals surface area (Å²) in [5.41, 5.74) is 1.68. The molecule has 1 unspecified atom stereocenters. The molecule has 6 heteroatoms. The van der Waals surface area contributed by atoms with Crippen molar-refractivity contribution in [3.8, 4) is 11.6 Å². The Kier molecular flexibility index (Phi) is 6.52. The van der Waals surface area contributed by atoms with Gasteiger partial charge < -0.3 is 19.7 Å². The number of carbonyl (C=O) groups excluding carboxylic acids is 1. The number of nitrogens with one attached hydrogen (secondary N) is 1. The first-order chi connectivity index (χ1) is 13.1. The molecule has 1 atom stereocenters. The normalized spacial score (nSPS) is 16.2. The van der Waals surface area contributed by atoms with Gasteiger partial charge in [-0.3, -0.25) is 0 Å². The summed E-state index contributed by atoms with van der Waals surface area (Å²) in [6.45, 7) is 6.00. The standard InChI is InChI=1S/C21H27N3O3/c1-3-4-14-26-18-10-8-17(9-11-18)23-21(25)24-13-12-19(15-24)27-20-7-5-6-16(2)22-20/h5-11,19H,3-4,12-15H2,1-2H3,(H,23,25). The number of hydrogen-bond acceptors (Lipinski definition) is 4. The number of aromatic nitrogens is 1. The zero-order chi connectivity index (χ0) is 19.1. The molecule has 27 heavy (non-hydrogen) atoms. The maximum atomic E-state index is 12.5. The van der Waals surface area contributed by atoms with E-state index < -0.39 is 0 Å². The molecule has 1 aliphatic heterocycles. The van der Waals surface area contributed by atoms with Gasteiger partial charge in [-0.2, -0.15) is 0 Å². The molecular weight excluding hydrogens is 342 g/mol. The van der Waals surface area contributed by atoms with Gasteiger partial charge in [0.05, 0.1) is 13.2 Å². The van der Waals surface area contributed by atoms with E-state index in [1.807, 2.05) is 49.4 Å². The van der Waals surface area contributed by atoms with Crippen molar-refractivity contribution < 1.29 is 14.3 Å². The maximum Gasteiger partial charge on any atom is 0.321 e. The molecule has 0 radical (unpaired) electrons. The van der Waals surface area contributed by atoms with Gasteiger partial charge in [0.1, 0.15) is 11.9 Å². The number of pyridine rings is 1. The fourth-order valence-electron chi connectivity index (χ4n) is 2.93. The summed E-state index contributed by atoms with van der Waals surface area (Å²) in [6, 6.07) is 13.1. The van der Waals surface area contributed by atoms with Crippen molar-refractivity contribution >= 4 is 11.7 Å². The van der Waals surface area contributed by atoms with Crippen LogP contribution in [0.15, 0.2) is 42.5 Å². The molecule has 144 valence electrons. The molecule has 0 spiro atoms. The fraction of sp³-hybridized carbons (Fsp3) is 0.429. The predicted molar refractivity (Wildman–Crippen MR) is 105 cm³/mol. The Morgan fingerprint density at radius 3 is 2.81 bits per heavy atom. The van der Waals surface area contributed by atoms with Gasteiger partial charge >= 0.3 is 6.03 Å². The minimum absolute atomic E-state index is 0.0283. The van der Waals surface area contributed by atoms with E-state index in [2.05, 4.69) is 17.2 Å². The van der Waals surface area contributed by atoms with Crippen molar-refractivity contribution in [3.05, 3.63) is 48.2 Å². The number of likely N-dealkylation sites (tertiary alicyclic amines) is 1. The van der Waals surface area contributed by atoms with Crippen LogP contribution >= 0.6 is 0 Å². The largest absolute Gasteiger partial charge is 0.494 e. The van der Waals surface area contributed by atoms with Crippen LogP contribution in [0.4, 0.5) is 10.5 Å². The molecule has 0 aliphatic carbocycles. The monoisotopic (exact) mass is 369 g/mol. The average Bonchev–Trinajstić information content (AvgIpc) is 3.12. The van der Waals surface area contributed by atoms with E-state index >= 15 is 0 Å². The SMILES string of the molecule is CCCCOc1ccc(NC(=O)N2CCC(Oc3cccc(C)n3)C2)cc1. The van der Waals surface area contributed by atoms with E-state index in [9.17, 15) is 4.79 Å². The van der Waals surface area contributed by atoms with Crippen molar-refractivity contribution in [1.82, 2.24) is 9.88 Å². The molecule has 6 nitrogen and oxygen atoms in total. The number of carbonyl (C=O) groups is 1. The molecule has 0 saturated carbocycles. The number of ether oxygens (including phenoxy) is 2. The number of amides is 2. The van der Waals surface area contributed by atoms with Crippen molar-refractivity contribution in [2.45, 2.75) is 39.2 Å². The van der Waals surface area contributed by atoms with E-state index in [1.54, 1.807) is 4.90 Å². The summed E-state index contributed by atoms with van der Waals surface area (Å²) < 4.78 is 11.5. The molecule has 2 aromatic rings. The summed E-state index contributed by atoms with van der Waals surface area (Å²) >= 11 is 0. The number of nitrogens with zero attached hydrogens (tertiary/aromatic N) is 2. The number of benzene rings is 1. The molecule has 3 rings (SSSR count).